The molecule has 1 aliphatic heterocycles. The van der Waals surface area contributed by atoms with Crippen LogP contribution >= 0.6 is 0 Å². The van der Waals surface area contributed by atoms with E-state index in [1.54, 1.807) is 0 Å². The van der Waals surface area contributed by atoms with Crippen molar-refractivity contribution in [3.8, 4) is 0 Å². The maximum absolute atomic E-state index is 5.47. The van der Waals surface area contributed by atoms with Crippen LogP contribution in [0.1, 0.15) is 31.1 Å². The van der Waals surface area contributed by atoms with Gasteiger partial charge in [0.15, 0.2) is 0 Å². The fourth-order valence-corrected chi connectivity index (χ4v) is 3.05. The van der Waals surface area contributed by atoms with E-state index in [2.05, 4.69) is 17.4 Å². The van der Waals surface area contributed by atoms with Crippen molar-refractivity contribution in [1.82, 2.24) is 10.5 Å². The molecule has 1 aliphatic carbocycles. The number of rotatable bonds is 0. The summed E-state index contributed by atoms with van der Waals surface area (Å²) >= 11 is 0. The van der Waals surface area contributed by atoms with Crippen LogP contribution in [0, 0.1) is 5.92 Å². The molecule has 3 heteroatoms. The number of aromatic nitrogens is 1. The first kappa shape index (κ1) is 8.48. The van der Waals surface area contributed by atoms with Crippen molar-refractivity contribution in [3.63, 3.8) is 0 Å². The number of nitrogens with one attached hydrogen (secondary N) is 1. The molecule has 1 fully saturated rings. The smallest absolute Gasteiger partial charge is 0.147 e. The van der Waals surface area contributed by atoms with Gasteiger partial charge in [0.25, 0.3) is 0 Å². The minimum atomic E-state index is 0.254. The van der Waals surface area contributed by atoms with Gasteiger partial charge in [0, 0.05) is 17.5 Å². The van der Waals surface area contributed by atoms with Gasteiger partial charge in [-0.15, -0.1) is 0 Å². The Bertz CT molecular complexity index is 339. The first-order chi connectivity index (χ1) is 6.83. The molecule has 14 heavy (non-hydrogen) atoms. The Balaban J connectivity index is 2.11. The zero-order chi connectivity index (χ0) is 9.60. The minimum absolute atomic E-state index is 0.254. The Labute approximate surface area is 83.9 Å². The van der Waals surface area contributed by atoms with Crippen LogP contribution in [0.3, 0.4) is 0 Å². The third-order valence-electron chi connectivity index (χ3n) is 4.07. The van der Waals surface area contributed by atoms with E-state index in [1.165, 1.54) is 24.2 Å². The summed E-state index contributed by atoms with van der Waals surface area (Å²) in [5.41, 5.74) is 1.59. The van der Waals surface area contributed by atoms with Gasteiger partial charge in [0.05, 0.1) is 6.20 Å². The van der Waals surface area contributed by atoms with Crippen LogP contribution in [0.25, 0.3) is 0 Å². The van der Waals surface area contributed by atoms with Crippen molar-refractivity contribution in [2.24, 2.45) is 5.92 Å². The van der Waals surface area contributed by atoms with Gasteiger partial charge in [0.2, 0.25) is 0 Å². The molecule has 2 aliphatic rings. The predicted octanol–water partition coefficient (Wildman–Crippen LogP) is 1.49. The van der Waals surface area contributed by atoms with Crippen LogP contribution in [0.5, 0.6) is 0 Å². The quantitative estimate of drug-likeness (QED) is 0.676. The summed E-state index contributed by atoms with van der Waals surface area (Å²) in [7, 11) is 0. The van der Waals surface area contributed by atoms with E-state index < -0.39 is 0 Å². The molecule has 0 amide bonds. The summed E-state index contributed by atoms with van der Waals surface area (Å²) in [6, 6.07) is 0. The van der Waals surface area contributed by atoms with Crippen LogP contribution in [0.4, 0.5) is 0 Å². The predicted molar refractivity (Wildman–Crippen MR) is 53.2 cm³/mol. The largest absolute Gasteiger partial charge is 0.360 e. The van der Waals surface area contributed by atoms with Crippen molar-refractivity contribution in [3.05, 3.63) is 17.5 Å². The second kappa shape index (κ2) is 2.83. The van der Waals surface area contributed by atoms with Gasteiger partial charge < -0.3 is 9.84 Å². The molecule has 0 radical (unpaired) electrons. The van der Waals surface area contributed by atoms with Crippen molar-refractivity contribution in [2.75, 3.05) is 13.1 Å². The molecule has 1 spiro atoms. The van der Waals surface area contributed by atoms with E-state index in [1.807, 2.05) is 6.20 Å². The third-order valence-corrected chi connectivity index (χ3v) is 4.07. The first-order valence-electron chi connectivity index (χ1n) is 5.48. The summed E-state index contributed by atoms with van der Waals surface area (Å²) in [5, 5.41) is 7.41. The van der Waals surface area contributed by atoms with Crippen LogP contribution in [-0.2, 0) is 11.8 Å². The van der Waals surface area contributed by atoms with Gasteiger partial charge in [-0.05, 0) is 31.7 Å². The number of hydrogen-bond donors (Lipinski definition) is 1. The van der Waals surface area contributed by atoms with Gasteiger partial charge in [-0.1, -0.05) is 12.1 Å². The van der Waals surface area contributed by atoms with E-state index in [9.17, 15) is 0 Å². The van der Waals surface area contributed by atoms with Crippen LogP contribution in [-0.4, -0.2) is 18.2 Å². The number of aryl methyl sites for hydroxylation is 1. The summed E-state index contributed by atoms with van der Waals surface area (Å²) in [6.07, 6.45) is 5.52. The van der Waals surface area contributed by atoms with Crippen molar-refractivity contribution in [2.45, 2.75) is 31.6 Å². The lowest BCUT2D eigenvalue weighted by atomic mass is 9.67. The van der Waals surface area contributed by atoms with E-state index in [0.29, 0.717) is 0 Å². The molecule has 0 saturated carbocycles. The SMILES string of the molecule is CC1CCc2cnoc2C12CCNC2. The van der Waals surface area contributed by atoms with Gasteiger partial charge in [-0.3, -0.25) is 0 Å². The van der Waals surface area contributed by atoms with E-state index in [0.717, 1.165) is 25.4 Å². The second-order valence-corrected chi connectivity index (χ2v) is 4.70. The Morgan fingerprint density at radius 2 is 2.57 bits per heavy atom. The molecule has 76 valence electrons. The molecule has 2 unspecified atom stereocenters. The summed E-state index contributed by atoms with van der Waals surface area (Å²) in [5.74, 6) is 1.89. The molecular weight excluding hydrogens is 176 g/mol. The molecule has 0 aromatic carbocycles. The number of hydrogen-bond acceptors (Lipinski definition) is 3. The Hall–Kier alpha value is -0.830. The molecule has 1 N–H and O–H groups in total. The normalized spacial score (nSPS) is 36.2. The summed E-state index contributed by atoms with van der Waals surface area (Å²) in [6.45, 7) is 4.53. The van der Waals surface area contributed by atoms with E-state index >= 15 is 0 Å². The molecule has 0 bridgehead atoms. The molecule has 1 aromatic rings. The molecular formula is C11H16N2O. The van der Waals surface area contributed by atoms with Gasteiger partial charge in [-0.25, -0.2) is 0 Å². The minimum Gasteiger partial charge on any atom is -0.360 e. The molecule has 3 rings (SSSR count). The van der Waals surface area contributed by atoms with Crippen molar-refractivity contribution in [1.29, 1.82) is 0 Å². The molecule has 2 heterocycles. The Kier molecular flexibility index (Phi) is 1.71. The molecule has 1 aromatic heterocycles. The number of fused-ring (bicyclic) bond motifs is 2. The van der Waals surface area contributed by atoms with Gasteiger partial charge in [0.1, 0.15) is 5.76 Å². The first-order valence-corrected chi connectivity index (χ1v) is 5.48. The van der Waals surface area contributed by atoms with Crippen LogP contribution in [0.15, 0.2) is 10.7 Å². The zero-order valence-corrected chi connectivity index (χ0v) is 8.55. The van der Waals surface area contributed by atoms with Gasteiger partial charge >= 0.3 is 0 Å². The lowest BCUT2D eigenvalue weighted by Gasteiger charge is -2.36. The fraction of sp³-hybridized carbons (Fsp3) is 0.727. The maximum atomic E-state index is 5.47. The highest BCUT2D eigenvalue weighted by Gasteiger charge is 2.47. The third kappa shape index (κ3) is 0.934. The Morgan fingerprint density at radius 1 is 1.64 bits per heavy atom. The number of nitrogens with zero attached hydrogens (tertiary/aromatic N) is 1. The highest BCUT2D eigenvalue weighted by atomic mass is 16.5. The second-order valence-electron chi connectivity index (χ2n) is 4.70. The molecule has 3 nitrogen and oxygen atoms in total. The summed E-state index contributed by atoms with van der Waals surface area (Å²) < 4.78 is 5.47. The van der Waals surface area contributed by atoms with Crippen LogP contribution < -0.4 is 5.32 Å². The highest BCUT2D eigenvalue weighted by Crippen LogP contribution is 2.45. The fourth-order valence-electron chi connectivity index (χ4n) is 3.05. The topological polar surface area (TPSA) is 38.1 Å². The molecule has 2 atom stereocenters. The Morgan fingerprint density at radius 3 is 3.36 bits per heavy atom. The van der Waals surface area contributed by atoms with Crippen molar-refractivity contribution >= 4 is 0 Å². The summed E-state index contributed by atoms with van der Waals surface area (Å²) in [4.78, 5) is 0. The average Bonchev–Trinajstić information content (AvgIpc) is 2.82. The van der Waals surface area contributed by atoms with E-state index in [4.69, 9.17) is 4.52 Å². The van der Waals surface area contributed by atoms with Crippen molar-refractivity contribution < 1.29 is 4.52 Å². The lowest BCUT2D eigenvalue weighted by Crippen LogP contribution is -2.39. The van der Waals surface area contributed by atoms with Crippen LogP contribution in [0.2, 0.25) is 0 Å². The zero-order valence-electron chi connectivity index (χ0n) is 8.55. The maximum Gasteiger partial charge on any atom is 0.147 e. The average molecular weight is 192 g/mol. The highest BCUT2D eigenvalue weighted by molar-refractivity contribution is 5.29. The lowest BCUT2D eigenvalue weighted by molar-refractivity contribution is 0.206. The monoisotopic (exact) mass is 192 g/mol. The van der Waals surface area contributed by atoms with E-state index in [-0.39, 0.29) is 5.41 Å². The van der Waals surface area contributed by atoms with Gasteiger partial charge in [-0.2, -0.15) is 0 Å². The molecule has 1 saturated heterocycles. The standard InChI is InChI=1S/C11H16N2O/c1-8-2-3-9-6-13-14-10(9)11(8)4-5-12-7-11/h6,8,12H,2-5,7H2,1H3.